The lowest BCUT2D eigenvalue weighted by Crippen LogP contribution is -1.85. The van der Waals surface area contributed by atoms with Gasteiger partial charge in [0.25, 0.3) is 0 Å². The van der Waals surface area contributed by atoms with E-state index in [1.165, 1.54) is 16.3 Å². The summed E-state index contributed by atoms with van der Waals surface area (Å²) in [5.41, 5.74) is 1.25. The van der Waals surface area contributed by atoms with Crippen LogP contribution in [0.1, 0.15) is 17.9 Å². The molecule has 0 N–H and O–H groups in total. The fraction of sp³-hybridized carbons (Fsp3) is 0.444. The van der Waals surface area contributed by atoms with E-state index in [4.69, 9.17) is 0 Å². The van der Waals surface area contributed by atoms with Crippen LogP contribution in [0.3, 0.4) is 0 Å². The van der Waals surface area contributed by atoms with Gasteiger partial charge in [-0.1, -0.05) is 6.92 Å². The topological polar surface area (TPSA) is 12.9 Å². The summed E-state index contributed by atoms with van der Waals surface area (Å²) >= 11 is 3.82. The first-order chi connectivity index (χ1) is 5.90. The van der Waals surface area contributed by atoms with Gasteiger partial charge in [-0.3, -0.25) is 4.98 Å². The van der Waals surface area contributed by atoms with Crippen molar-refractivity contribution in [3.63, 3.8) is 0 Å². The highest BCUT2D eigenvalue weighted by Gasteiger charge is 2.25. The highest BCUT2D eigenvalue weighted by molar-refractivity contribution is 8.06. The molecule has 0 aliphatic carbocycles. The second-order valence-electron chi connectivity index (χ2n) is 2.67. The Morgan fingerprint density at radius 1 is 1.67 bits per heavy atom. The average Bonchev–Trinajstić information content (AvgIpc) is 2.89. The Morgan fingerprint density at radius 2 is 2.50 bits per heavy atom. The number of hydrogen-bond acceptors (Lipinski definition) is 3. The van der Waals surface area contributed by atoms with Crippen LogP contribution in [0.4, 0.5) is 0 Å². The molecular formula is C9H11NS2. The van der Waals surface area contributed by atoms with Crippen molar-refractivity contribution >= 4 is 23.5 Å². The number of pyridine rings is 1. The minimum atomic E-state index is 0.700. The van der Waals surface area contributed by atoms with Gasteiger partial charge in [0, 0.05) is 16.8 Å². The zero-order chi connectivity index (χ0) is 8.39. The van der Waals surface area contributed by atoms with E-state index < -0.39 is 0 Å². The number of rotatable bonds is 3. The van der Waals surface area contributed by atoms with Crippen LogP contribution in [0.5, 0.6) is 0 Å². The van der Waals surface area contributed by atoms with Gasteiger partial charge < -0.3 is 0 Å². The van der Waals surface area contributed by atoms with E-state index in [-0.39, 0.29) is 0 Å². The van der Waals surface area contributed by atoms with Crippen LogP contribution in [0, 0.1) is 0 Å². The molecule has 0 saturated carbocycles. The van der Waals surface area contributed by atoms with Crippen LogP contribution in [-0.4, -0.2) is 16.5 Å². The molecule has 1 saturated heterocycles. The Kier molecular flexibility index (Phi) is 2.61. The first-order valence-corrected chi connectivity index (χ1v) is 6.14. The molecule has 1 unspecified atom stereocenters. The van der Waals surface area contributed by atoms with E-state index in [1.54, 1.807) is 0 Å². The van der Waals surface area contributed by atoms with Gasteiger partial charge in [-0.25, -0.2) is 0 Å². The van der Waals surface area contributed by atoms with Gasteiger partial charge in [0.2, 0.25) is 0 Å². The van der Waals surface area contributed by atoms with Gasteiger partial charge in [-0.15, -0.1) is 23.5 Å². The summed E-state index contributed by atoms with van der Waals surface area (Å²) in [5, 5.41) is 0.700. The molecule has 1 fully saturated rings. The third-order valence-corrected chi connectivity index (χ3v) is 3.51. The van der Waals surface area contributed by atoms with E-state index in [0.29, 0.717) is 5.25 Å². The quantitative estimate of drug-likeness (QED) is 0.546. The molecule has 3 heteroatoms. The minimum absolute atomic E-state index is 0.700. The molecule has 0 amide bonds. The molecule has 0 spiro atoms. The van der Waals surface area contributed by atoms with E-state index in [9.17, 15) is 0 Å². The Balaban J connectivity index is 2.08. The zero-order valence-electron chi connectivity index (χ0n) is 6.99. The first-order valence-electron chi connectivity index (χ1n) is 4.10. The van der Waals surface area contributed by atoms with Gasteiger partial charge in [-0.2, -0.15) is 0 Å². The van der Waals surface area contributed by atoms with Crippen molar-refractivity contribution in [3.8, 4) is 0 Å². The van der Waals surface area contributed by atoms with E-state index >= 15 is 0 Å². The van der Waals surface area contributed by atoms with Crippen LogP contribution in [0.25, 0.3) is 0 Å². The van der Waals surface area contributed by atoms with Crippen LogP contribution in [0.2, 0.25) is 0 Å². The Bertz CT molecular complexity index is 254. The van der Waals surface area contributed by atoms with Crippen molar-refractivity contribution in [2.45, 2.75) is 17.1 Å². The zero-order valence-corrected chi connectivity index (χ0v) is 8.62. The fourth-order valence-electron chi connectivity index (χ4n) is 1.05. The molecule has 0 aromatic carbocycles. The molecule has 1 atom stereocenters. The monoisotopic (exact) mass is 197 g/mol. The molecule has 1 nitrogen and oxygen atoms in total. The second-order valence-corrected chi connectivity index (χ2v) is 5.25. The highest BCUT2D eigenvalue weighted by atomic mass is 32.2. The first kappa shape index (κ1) is 8.45. The van der Waals surface area contributed by atoms with Crippen molar-refractivity contribution in [1.82, 2.24) is 4.98 Å². The Morgan fingerprint density at radius 3 is 3.00 bits per heavy atom. The number of thioether (sulfide) groups is 2. The maximum absolute atomic E-state index is 4.42. The smallest absolute Gasteiger partial charge is 0.0561 e. The lowest BCUT2D eigenvalue weighted by Gasteiger charge is -1.98. The number of aromatic nitrogens is 1. The predicted octanol–water partition coefficient (Wildman–Crippen LogP) is 2.98. The third-order valence-electron chi connectivity index (χ3n) is 1.73. The van der Waals surface area contributed by atoms with Crippen molar-refractivity contribution in [3.05, 3.63) is 24.0 Å². The Labute approximate surface area is 81.4 Å². The van der Waals surface area contributed by atoms with Crippen LogP contribution in [-0.2, 0) is 0 Å². The van der Waals surface area contributed by atoms with Crippen molar-refractivity contribution in [2.24, 2.45) is 0 Å². The average molecular weight is 197 g/mol. The van der Waals surface area contributed by atoms with Gasteiger partial charge in [0.05, 0.1) is 10.9 Å². The third kappa shape index (κ3) is 1.96. The lowest BCUT2D eigenvalue weighted by atomic mass is 10.3. The van der Waals surface area contributed by atoms with Crippen molar-refractivity contribution < 1.29 is 0 Å². The number of hydrogen-bond donors (Lipinski definition) is 0. The molecule has 0 radical (unpaired) electrons. The largest absolute Gasteiger partial charge is 0.259 e. The maximum Gasteiger partial charge on any atom is 0.0561 e. The van der Waals surface area contributed by atoms with Gasteiger partial charge in [0.1, 0.15) is 0 Å². The van der Waals surface area contributed by atoms with E-state index in [2.05, 4.69) is 24.0 Å². The van der Waals surface area contributed by atoms with Gasteiger partial charge >= 0.3 is 0 Å². The van der Waals surface area contributed by atoms with Crippen molar-refractivity contribution in [2.75, 3.05) is 11.5 Å². The molecule has 12 heavy (non-hydrogen) atoms. The Hall–Kier alpha value is -0.150. The normalized spacial score (nSPS) is 20.9. The van der Waals surface area contributed by atoms with Gasteiger partial charge in [-0.05, 0) is 17.9 Å². The molecular weight excluding hydrogens is 186 g/mol. The maximum atomic E-state index is 4.42. The molecule has 1 aliphatic heterocycles. The lowest BCUT2D eigenvalue weighted by molar-refractivity contribution is 1.06. The summed E-state index contributed by atoms with van der Waals surface area (Å²) in [6.07, 6.45) is 1.99. The summed E-state index contributed by atoms with van der Waals surface area (Å²) in [6.45, 7) is 2.16. The predicted molar refractivity (Wildman–Crippen MR) is 55.8 cm³/mol. The number of nitrogens with zero attached hydrogens (tertiary/aromatic N) is 1. The molecule has 1 aromatic heterocycles. The van der Waals surface area contributed by atoms with Crippen LogP contribution >= 0.6 is 23.5 Å². The highest BCUT2D eigenvalue weighted by Crippen LogP contribution is 2.45. The molecule has 2 rings (SSSR count). The fourth-order valence-corrected chi connectivity index (χ4v) is 2.26. The summed E-state index contributed by atoms with van der Waals surface area (Å²) in [6, 6.07) is 4.33. The summed E-state index contributed by atoms with van der Waals surface area (Å²) in [7, 11) is 0. The molecule has 1 aliphatic rings. The molecule has 64 valence electrons. The van der Waals surface area contributed by atoms with E-state index in [1.807, 2.05) is 29.7 Å². The summed E-state index contributed by atoms with van der Waals surface area (Å²) in [5.74, 6) is 2.38. The standard InChI is InChI=1S/C9H11NS2/c1-2-11-7-3-4-8(10-5-7)9-6-12-9/h3-5,9H,2,6H2,1H3. The van der Waals surface area contributed by atoms with Gasteiger partial charge in [0.15, 0.2) is 0 Å². The molecule has 1 aromatic rings. The van der Waals surface area contributed by atoms with Crippen LogP contribution < -0.4 is 0 Å². The SMILES string of the molecule is CCSc1ccc(C2CS2)nc1. The molecule has 2 heterocycles. The minimum Gasteiger partial charge on any atom is -0.259 e. The van der Waals surface area contributed by atoms with Crippen LogP contribution in [0.15, 0.2) is 23.2 Å². The molecule has 0 bridgehead atoms. The van der Waals surface area contributed by atoms with E-state index in [0.717, 1.165) is 5.75 Å². The van der Waals surface area contributed by atoms with Crippen molar-refractivity contribution in [1.29, 1.82) is 0 Å². The summed E-state index contributed by atoms with van der Waals surface area (Å²) in [4.78, 5) is 5.70. The second kappa shape index (κ2) is 3.71. The summed E-state index contributed by atoms with van der Waals surface area (Å²) < 4.78 is 0.